The van der Waals surface area contributed by atoms with Crippen LogP contribution < -0.4 is 11.5 Å². The molecule has 4 N–H and O–H groups in total. The number of anilines is 1. The minimum absolute atomic E-state index is 0.146. The Morgan fingerprint density at radius 1 is 0.857 bits per heavy atom. The van der Waals surface area contributed by atoms with Crippen LogP contribution in [-0.4, -0.2) is 6.18 Å². The van der Waals surface area contributed by atoms with E-state index in [1.807, 2.05) is 0 Å². The third kappa shape index (κ3) is 3.18. The molecular weight excluding hydrogens is 277 g/mol. The lowest BCUT2D eigenvalue weighted by atomic mass is 9.90. The minimum Gasteiger partial charge on any atom is -0.399 e. The van der Waals surface area contributed by atoms with Crippen molar-refractivity contribution < 1.29 is 13.2 Å². The van der Waals surface area contributed by atoms with E-state index in [-0.39, 0.29) is 5.56 Å². The molecule has 5 heteroatoms. The van der Waals surface area contributed by atoms with Crippen LogP contribution in [0.3, 0.4) is 0 Å². The maximum Gasteiger partial charge on any atom is 0.422 e. The molecule has 2 nitrogen and oxygen atoms in total. The van der Waals surface area contributed by atoms with Crippen LogP contribution >= 0.6 is 0 Å². The normalized spacial score (nSPS) is 13.9. The van der Waals surface area contributed by atoms with E-state index < -0.39 is 11.7 Å². The van der Waals surface area contributed by atoms with Crippen molar-refractivity contribution in [3.63, 3.8) is 0 Å². The van der Waals surface area contributed by atoms with Gasteiger partial charge < -0.3 is 11.5 Å². The number of hydrogen-bond donors (Lipinski definition) is 2. The molecule has 0 spiro atoms. The van der Waals surface area contributed by atoms with Gasteiger partial charge in [0.15, 0.2) is 5.54 Å². The Labute approximate surface area is 120 Å². The first-order chi connectivity index (χ1) is 9.83. The van der Waals surface area contributed by atoms with Crippen molar-refractivity contribution in [3.8, 4) is 11.8 Å². The molecule has 0 bridgehead atoms. The van der Waals surface area contributed by atoms with Crippen molar-refractivity contribution in [1.29, 1.82) is 0 Å². The standard InChI is InChI=1S/C16H13F3N2/c17-16(18,19)15(21,13-6-8-14(20)9-7-13)11-10-12-4-2-1-3-5-12/h1-9H,20-21H2. The maximum absolute atomic E-state index is 13.3. The summed E-state index contributed by atoms with van der Waals surface area (Å²) >= 11 is 0. The summed E-state index contributed by atoms with van der Waals surface area (Å²) < 4.78 is 40.0. The Morgan fingerprint density at radius 2 is 1.43 bits per heavy atom. The molecule has 2 rings (SSSR count). The second-order valence-electron chi connectivity index (χ2n) is 4.54. The highest BCUT2D eigenvalue weighted by atomic mass is 19.4. The smallest absolute Gasteiger partial charge is 0.399 e. The average Bonchev–Trinajstić information content (AvgIpc) is 2.45. The van der Waals surface area contributed by atoms with Crippen LogP contribution in [-0.2, 0) is 5.54 Å². The lowest BCUT2D eigenvalue weighted by molar-refractivity contribution is -0.171. The average molecular weight is 290 g/mol. The molecule has 0 aliphatic heterocycles. The van der Waals surface area contributed by atoms with E-state index in [0.29, 0.717) is 11.3 Å². The second kappa shape index (κ2) is 5.51. The minimum atomic E-state index is -4.70. The summed E-state index contributed by atoms with van der Waals surface area (Å²) in [6.07, 6.45) is -4.70. The SMILES string of the molecule is Nc1ccc(C(N)(C#Cc2ccccc2)C(F)(F)F)cc1. The first kappa shape index (κ1) is 14.9. The van der Waals surface area contributed by atoms with Crippen LogP contribution in [0.1, 0.15) is 11.1 Å². The summed E-state index contributed by atoms with van der Waals surface area (Å²) in [6.45, 7) is 0. The van der Waals surface area contributed by atoms with Crippen molar-refractivity contribution in [2.24, 2.45) is 5.73 Å². The fourth-order valence-corrected chi connectivity index (χ4v) is 1.74. The predicted molar refractivity (Wildman–Crippen MR) is 76.1 cm³/mol. The molecule has 2 aromatic rings. The Morgan fingerprint density at radius 3 is 1.95 bits per heavy atom. The largest absolute Gasteiger partial charge is 0.422 e. The number of nitrogens with two attached hydrogens (primary N) is 2. The molecule has 1 atom stereocenters. The Kier molecular flexibility index (Phi) is 3.92. The van der Waals surface area contributed by atoms with Gasteiger partial charge in [0.05, 0.1) is 0 Å². The van der Waals surface area contributed by atoms with Gasteiger partial charge in [-0.25, -0.2) is 0 Å². The fraction of sp³-hybridized carbons (Fsp3) is 0.125. The first-order valence-corrected chi connectivity index (χ1v) is 6.13. The molecule has 0 radical (unpaired) electrons. The zero-order valence-corrected chi connectivity index (χ0v) is 11.0. The lowest BCUT2D eigenvalue weighted by Crippen LogP contribution is -2.49. The van der Waals surface area contributed by atoms with E-state index in [1.165, 1.54) is 24.3 Å². The highest BCUT2D eigenvalue weighted by Crippen LogP contribution is 2.36. The topological polar surface area (TPSA) is 52.0 Å². The molecule has 0 aliphatic carbocycles. The fourth-order valence-electron chi connectivity index (χ4n) is 1.74. The Balaban J connectivity index is 2.49. The monoisotopic (exact) mass is 290 g/mol. The van der Waals surface area contributed by atoms with Crippen molar-refractivity contribution in [2.75, 3.05) is 5.73 Å². The molecule has 0 aliphatic rings. The van der Waals surface area contributed by atoms with Crippen LogP contribution in [0.5, 0.6) is 0 Å². The number of rotatable bonds is 1. The van der Waals surface area contributed by atoms with Crippen molar-refractivity contribution >= 4 is 5.69 Å². The Bertz CT molecular complexity index is 667. The number of nitrogen functional groups attached to an aromatic ring is 1. The highest BCUT2D eigenvalue weighted by Gasteiger charge is 2.52. The van der Waals surface area contributed by atoms with E-state index in [0.717, 1.165) is 0 Å². The molecule has 0 aromatic heterocycles. The molecule has 21 heavy (non-hydrogen) atoms. The summed E-state index contributed by atoms with van der Waals surface area (Å²) in [5.41, 5.74) is 8.98. The van der Waals surface area contributed by atoms with Crippen molar-refractivity contribution in [3.05, 3.63) is 65.7 Å². The number of hydrogen-bond acceptors (Lipinski definition) is 2. The lowest BCUT2D eigenvalue weighted by Gasteiger charge is -2.27. The number of alkyl halides is 3. The third-order valence-corrected chi connectivity index (χ3v) is 2.99. The summed E-state index contributed by atoms with van der Waals surface area (Å²) in [4.78, 5) is 0. The van der Waals surface area contributed by atoms with Crippen LogP contribution in [0, 0.1) is 11.8 Å². The maximum atomic E-state index is 13.3. The van der Waals surface area contributed by atoms with E-state index in [4.69, 9.17) is 11.5 Å². The first-order valence-electron chi connectivity index (χ1n) is 6.13. The molecule has 0 saturated carbocycles. The van der Waals surface area contributed by atoms with Crippen LogP contribution in [0.4, 0.5) is 18.9 Å². The number of benzene rings is 2. The van der Waals surface area contributed by atoms with Crippen LogP contribution in [0.15, 0.2) is 54.6 Å². The third-order valence-electron chi connectivity index (χ3n) is 2.99. The van der Waals surface area contributed by atoms with E-state index in [9.17, 15) is 13.2 Å². The van der Waals surface area contributed by atoms with Gasteiger partial charge in [-0.2, -0.15) is 13.2 Å². The van der Waals surface area contributed by atoms with Gasteiger partial charge >= 0.3 is 6.18 Å². The summed E-state index contributed by atoms with van der Waals surface area (Å²) in [5.74, 6) is 4.63. The van der Waals surface area contributed by atoms with Crippen LogP contribution in [0.2, 0.25) is 0 Å². The van der Waals surface area contributed by atoms with E-state index >= 15 is 0 Å². The van der Waals surface area contributed by atoms with E-state index in [2.05, 4.69) is 11.8 Å². The zero-order valence-electron chi connectivity index (χ0n) is 11.0. The van der Waals surface area contributed by atoms with Gasteiger partial charge in [0.1, 0.15) is 0 Å². The van der Waals surface area contributed by atoms with Gasteiger partial charge in [0, 0.05) is 11.3 Å². The van der Waals surface area contributed by atoms with Crippen molar-refractivity contribution in [2.45, 2.75) is 11.7 Å². The summed E-state index contributed by atoms with van der Waals surface area (Å²) in [7, 11) is 0. The molecule has 0 amide bonds. The van der Waals surface area contributed by atoms with Gasteiger partial charge in [-0.15, -0.1) is 0 Å². The molecule has 2 aromatic carbocycles. The van der Waals surface area contributed by atoms with Gasteiger partial charge in [-0.1, -0.05) is 42.2 Å². The molecule has 0 saturated heterocycles. The molecular formula is C16H13F3N2. The number of halogens is 3. The van der Waals surface area contributed by atoms with Gasteiger partial charge in [-0.3, -0.25) is 0 Å². The van der Waals surface area contributed by atoms with Gasteiger partial charge in [-0.05, 0) is 29.8 Å². The van der Waals surface area contributed by atoms with Gasteiger partial charge in [0.25, 0.3) is 0 Å². The van der Waals surface area contributed by atoms with Gasteiger partial charge in [0.2, 0.25) is 0 Å². The summed E-state index contributed by atoms with van der Waals surface area (Å²) in [5, 5.41) is 0. The Hall–Kier alpha value is -2.45. The second-order valence-corrected chi connectivity index (χ2v) is 4.54. The zero-order chi connectivity index (χ0) is 15.5. The van der Waals surface area contributed by atoms with E-state index in [1.54, 1.807) is 30.3 Å². The van der Waals surface area contributed by atoms with Crippen molar-refractivity contribution in [1.82, 2.24) is 0 Å². The molecule has 108 valence electrons. The highest BCUT2D eigenvalue weighted by molar-refractivity contribution is 5.47. The quantitative estimate of drug-likeness (QED) is 0.626. The van der Waals surface area contributed by atoms with Crippen LogP contribution in [0.25, 0.3) is 0 Å². The molecule has 1 unspecified atom stereocenters. The summed E-state index contributed by atoms with van der Waals surface area (Å²) in [6, 6.07) is 13.6. The predicted octanol–water partition coefficient (Wildman–Crippen LogP) is 3.04. The molecule has 0 fully saturated rings. The molecule has 0 heterocycles.